The lowest BCUT2D eigenvalue weighted by atomic mass is 10.1. The number of hydrogen-bond donors (Lipinski definition) is 3. The van der Waals surface area contributed by atoms with Crippen LogP contribution in [0.1, 0.15) is 12.8 Å². The van der Waals surface area contributed by atoms with E-state index in [2.05, 4.69) is 15.7 Å². The van der Waals surface area contributed by atoms with Crippen LogP contribution in [0.3, 0.4) is 0 Å². The van der Waals surface area contributed by atoms with Crippen molar-refractivity contribution in [3.8, 4) is 0 Å². The van der Waals surface area contributed by atoms with Gasteiger partial charge >= 0.3 is 0 Å². The number of nitrogens with one attached hydrogen (secondary N) is 2. The Morgan fingerprint density at radius 1 is 1.61 bits per heavy atom. The van der Waals surface area contributed by atoms with Gasteiger partial charge in [-0.2, -0.15) is 5.10 Å². The molecule has 0 radical (unpaired) electrons. The summed E-state index contributed by atoms with van der Waals surface area (Å²) in [5, 5.41) is 8.56. The van der Waals surface area contributed by atoms with Gasteiger partial charge < -0.3 is 11.1 Å². The highest BCUT2D eigenvalue weighted by Gasteiger charge is 2.27. The minimum Gasteiger partial charge on any atom is -0.382 e. The zero-order chi connectivity index (χ0) is 13.1. The van der Waals surface area contributed by atoms with Crippen LogP contribution in [0.25, 0.3) is 0 Å². The molecule has 4 N–H and O–H groups in total. The molecule has 0 saturated carbocycles. The van der Waals surface area contributed by atoms with Crippen LogP contribution in [0.2, 0.25) is 0 Å². The van der Waals surface area contributed by atoms with Crippen LogP contribution in [-0.4, -0.2) is 33.5 Å². The Morgan fingerprint density at radius 3 is 3.00 bits per heavy atom. The highest BCUT2D eigenvalue weighted by atomic mass is 16.2. The highest BCUT2D eigenvalue weighted by Crippen LogP contribution is 2.04. The maximum absolute atomic E-state index is 11.6. The van der Waals surface area contributed by atoms with Crippen molar-refractivity contribution in [3.63, 3.8) is 0 Å². The largest absolute Gasteiger partial charge is 0.382 e. The van der Waals surface area contributed by atoms with Crippen molar-refractivity contribution in [1.29, 1.82) is 0 Å². The number of aromatic nitrogens is 2. The molecule has 1 saturated heterocycles. The van der Waals surface area contributed by atoms with E-state index < -0.39 is 11.9 Å². The van der Waals surface area contributed by atoms with Crippen LogP contribution in [0.5, 0.6) is 0 Å². The van der Waals surface area contributed by atoms with E-state index in [9.17, 15) is 14.4 Å². The Balaban J connectivity index is 1.87. The van der Waals surface area contributed by atoms with Crippen LogP contribution in [0, 0.1) is 0 Å². The quantitative estimate of drug-likeness (QED) is 0.558. The van der Waals surface area contributed by atoms with Gasteiger partial charge in [0.15, 0.2) is 0 Å². The second kappa shape index (κ2) is 4.86. The van der Waals surface area contributed by atoms with E-state index in [1.165, 1.54) is 4.68 Å². The molecule has 0 spiro atoms. The third-order valence-electron chi connectivity index (χ3n) is 2.54. The maximum atomic E-state index is 11.6. The summed E-state index contributed by atoms with van der Waals surface area (Å²) in [6.45, 7) is -0.0189. The van der Waals surface area contributed by atoms with Gasteiger partial charge in [-0.05, 0) is 12.5 Å². The van der Waals surface area contributed by atoms with Crippen molar-refractivity contribution in [2.45, 2.75) is 25.4 Å². The number of rotatable bonds is 3. The Hall–Kier alpha value is -2.38. The predicted octanol–water partition coefficient (Wildman–Crippen LogP) is -1.61. The summed E-state index contributed by atoms with van der Waals surface area (Å²) in [7, 11) is 0. The molecule has 8 heteroatoms. The first-order chi connectivity index (χ1) is 8.54. The van der Waals surface area contributed by atoms with Crippen LogP contribution in [0.15, 0.2) is 12.3 Å². The summed E-state index contributed by atoms with van der Waals surface area (Å²) in [6, 6.07) is 0.905. The number of hydrogen-bond acceptors (Lipinski definition) is 5. The smallest absolute Gasteiger partial charge is 0.249 e. The molecule has 96 valence electrons. The standard InChI is InChI=1S/C10H13N5O3/c11-7-3-4-15(14-7)5-9(17)12-6-1-2-8(16)13-10(6)18/h3-4,6H,1-2,5H2,(H2,11,14)(H,12,17)(H,13,16,18). The fourth-order valence-electron chi connectivity index (χ4n) is 1.68. The third kappa shape index (κ3) is 2.84. The second-order valence-corrected chi connectivity index (χ2v) is 4.01. The minimum atomic E-state index is -0.664. The van der Waals surface area contributed by atoms with Crippen LogP contribution < -0.4 is 16.4 Å². The highest BCUT2D eigenvalue weighted by molar-refractivity contribution is 6.01. The molecule has 1 aliphatic rings. The van der Waals surface area contributed by atoms with E-state index in [1.807, 2.05) is 0 Å². The molecule has 1 aromatic rings. The number of nitrogen functional groups attached to an aromatic ring is 1. The van der Waals surface area contributed by atoms with Crippen LogP contribution in [-0.2, 0) is 20.9 Å². The molecule has 0 bridgehead atoms. The molecular weight excluding hydrogens is 238 g/mol. The summed E-state index contributed by atoms with van der Waals surface area (Å²) in [4.78, 5) is 34.0. The third-order valence-corrected chi connectivity index (χ3v) is 2.54. The number of carbonyl (C=O) groups excluding carboxylic acids is 3. The van der Waals surface area contributed by atoms with Crippen molar-refractivity contribution in [2.24, 2.45) is 0 Å². The summed E-state index contributed by atoms with van der Waals surface area (Å²) >= 11 is 0. The van der Waals surface area contributed by atoms with Gasteiger partial charge in [0.1, 0.15) is 18.4 Å². The van der Waals surface area contributed by atoms with Gasteiger partial charge in [-0.1, -0.05) is 0 Å². The maximum Gasteiger partial charge on any atom is 0.249 e. The molecule has 1 atom stereocenters. The van der Waals surface area contributed by atoms with Gasteiger partial charge in [0.2, 0.25) is 17.7 Å². The van der Waals surface area contributed by atoms with Crippen molar-refractivity contribution >= 4 is 23.5 Å². The number of imide groups is 1. The van der Waals surface area contributed by atoms with Gasteiger partial charge in [0.05, 0.1) is 0 Å². The molecule has 2 rings (SSSR count). The predicted molar refractivity (Wildman–Crippen MR) is 61.0 cm³/mol. The number of nitrogens with zero attached hydrogens (tertiary/aromatic N) is 2. The number of piperidine rings is 1. The Bertz CT molecular complexity index is 495. The number of carbonyl (C=O) groups is 3. The summed E-state index contributed by atoms with van der Waals surface area (Å²) < 4.78 is 1.37. The molecule has 3 amide bonds. The summed E-state index contributed by atoms with van der Waals surface area (Å²) in [5.74, 6) is -0.818. The Labute approximate surface area is 103 Å². The van der Waals surface area contributed by atoms with Gasteiger partial charge in [0, 0.05) is 12.6 Å². The van der Waals surface area contributed by atoms with E-state index in [-0.39, 0.29) is 24.8 Å². The fraction of sp³-hybridized carbons (Fsp3) is 0.400. The average molecular weight is 251 g/mol. The van der Waals surface area contributed by atoms with Crippen LogP contribution in [0.4, 0.5) is 5.82 Å². The summed E-state index contributed by atoms with van der Waals surface area (Å²) in [5.41, 5.74) is 5.41. The fourth-order valence-corrected chi connectivity index (χ4v) is 1.68. The van der Waals surface area contributed by atoms with E-state index in [0.29, 0.717) is 12.2 Å². The van der Waals surface area contributed by atoms with Crippen LogP contribution >= 0.6 is 0 Å². The lowest BCUT2D eigenvalue weighted by Gasteiger charge is -2.21. The normalized spacial score (nSPS) is 19.4. The van der Waals surface area contributed by atoms with E-state index >= 15 is 0 Å². The lowest BCUT2D eigenvalue weighted by molar-refractivity contribution is -0.137. The summed E-state index contributed by atoms with van der Waals surface area (Å²) in [6.07, 6.45) is 2.11. The van der Waals surface area contributed by atoms with Crippen molar-refractivity contribution in [1.82, 2.24) is 20.4 Å². The van der Waals surface area contributed by atoms with Crippen molar-refractivity contribution in [3.05, 3.63) is 12.3 Å². The Morgan fingerprint density at radius 2 is 2.39 bits per heavy atom. The van der Waals surface area contributed by atoms with E-state index in [4.69, 9.17) is 5.73 Å². The van der Waals surface area contributed by atoms with Gasteiger partial charge in [0.25, 0.3) is 0 Å². The first-order valence-electron chi connectivity index (χ1n) is 5.46. The monoisotopic (exact) mass is 251 g/mol. The molecule has 1 aliphatic heterocycles. The zero-order valence-corrected chi connectivity index (χ0v) is 9.55. The lowest BCUT2D eigenvalue weighted by Crippen LogP contribution is -2.52. The molecule has 18 heavy (non-hydrogen) atoms. The van der Waals surface area contributed by atoms with Gasteiger partial charge in [-0.25, -0.2) is 0 Å². The molecule has 1 unspecified atom stereocenters. The number of nitrogens with two attached hydrogens (primary N) is 1. The first kappa shape index (κ1) is 12.1. The van der Waals surface area contributed by atoms with E-state index in [0.717, 1.165) is 0 Å². The van der Waals surface area contributed by atoms with E-state index in [1.54, 1.807) is 12.3 Å². The molecule has 2 heterocycles. The molecule has 1 aromatic heterocycles. The molecule has 0 aliphatic carbocycles. The topological polar surface area (TPSA) is 119 Å². The molecule has 1 fully saturated rings. The molecular formula is C10H13N5O3. The molecule has 8 nitrogen and oxygen atoms in total. The van der Waals surface area contributed by atoms with Gasteiger partial charge in [-0.3, -0.25) is 24.4 Å². The Kier molecular flexibility index (Phi) is 3.26. The zero-order valence-electron chi connectivity index (χ0n) is 9.55. The number of anilines is 1. The average Bonchev–Trinajstić information content (AvgIpc) is 2.68. The first-order valence-corrected chi connectivity index (χ1v) is 5.46. The molecule has 0 aromatic carbocycles. The van der Waals surface area contributed by atoms with Crippen molar-refractivity contribution in [2.75, 3.05) is 5.73 Å². The second-order valence-electron chi connectivity index (χ2n) is 4.01. The van der Waals surface area contributed by atoms with Crippen molar-refractivity contribution < 1.29 is 14.4 Å². The minimum absolute atomic E-state index is 0.0189. The SMILES string of the molecule is Nc1ccn(CC(=O)NC2CCC(=O)NC2=O)n1. The number of amides is 3. The van der Waals surface area contributed by atoms with Gasteiger partial charge in [-0.15, -0.1) is 0 Å².